The second-order valence-electron chi connectivity index (χ2n) is 3.62. The van der Waals surface area contributed by atoms with Gasteiger partial charge >= 0.3 is 12.0 Å². The molecule has 0 aliphatic rings. The van der Waals surface area contributed by atoms with E-state index in [1.165, 1.54) is 6.92 Å². The van der Waals surface area contributed by atoms with Crippen molar-refractivity contribution in [2.24, 2.45) is 0 Å². The lowest BCUT2D eigenvalue weighted by molar-refractivity contribution is -0.138. The highest BCUT2D eigenvalue weighted by atomic mass is 79.9. The van der Waals surface area contributed by atoms with Gasteiger partial charge in [-0.1, -0.05) is 22.0 Å². The maximum Gasteiger partial charge on any atom is 0.325 e. The van der Waals surface area contributed by atoms with Crippen molar-refractivity contribution >= 4 is 33.6 Å². The molecule has 3 N–H and O–H groups in total. The van der Waals surface area contributed by atoms with Gasteiger partial charge in [0.05, 0.1) is 0 Å². The number of hydrogen-bond donors (Lipinski definition) is 3. The number of urea groups is 1. The molecule has 0 fully saturated rings. The molecule has 0 saturated heterocycles. The van der Waals surface area contributed by atoms with Gasteiger partial charge in [-0.15, -0.1) is 0 Å². The van der Waals surface area contributed by atoms with E-state index in [1.54, 1.807) is 6.07 Å². The first kappa shape index (κ1) is 13.5. The van der Waals surface area contributed by atoms with Crippen molar-refractivity contribution in [3.8, 4) is 0 Å². The summed E-state index contributed by atoms with van der Waals surface area (Å²) in [5.41, 5.74) is 1.53. The van der Waals surface area contributed by atoms with Gasteiger partial charge in [-0.25, -0.2) is 4.79 Å². The fourth-order valence-corrected chi connectivity index (χ4v) is 1.51. The van der Waals surface area contributed by atoms with Crippen LogP contribution in [0.3, 0.4) is 0 Å². The van der Waals surface area contributed by atoms with E-state index in [0.29, 0.717) is 5.69 Å². The van der Waals surface area contributed by atoms with Crippen molar-refractivity contribution in [3.63, 3.8) is 0 Å². The summed E-state index contributed by atoms with van der Waals surface area (Å²) in [6.45, 7) is 3.25. The number of benzene rings is 1. The number of aliphatic carboxylic acids is 1. The number of aryl methyl sites for hydroxylation is 1. The standard InChI is InChI=1S/C11H13BrN2O3/c1-6-3-4-8(12)5-9(6)14-11(17)13-7(2)10(15)16/h3-5,7H,1-2H3,(H,15,16)(H2,13,14,17)/t7-/m1/s1. The Morgan fingerprint density at radius 1 is 1.41 bits per heavy atom. The number of hydrogen-bond acceptors (Lipinski definition) is 2. The maximum atomic E-state index is 11.5. The number of carbonyl (C=O) groups is 2. The highest BCUT2D eigenvalue weighted by Crippen LogP contribution is 2.20. The molecule has 1 aromatic rings. The smallest absolute Gasteiger partial charge is 0.325 e. The summed E-state index contributed by atoms with van der Waals surface area (Å²) in [6.07, 6.45) is 0. The van der Waals surface area contributed by atoms with Gasteiger partial charge in [0.25, 0.3) is 0 Å². The average Bonchev–Trinajstić information content (AvgIpc) is 2.23. The number of carboxylic acid groups (broad SMARTS) is 1. The zero-order chi connectivity index (χ0) is 13.0. The fraction of sp³-hybridized carbons (Fsp3) is 0.273. The summed E-state index contributed by atoms with van der Waals surface area (Å²) in [4.78, 5) is 22.0. The summed E-state index contributed by atoms with van der Waals surface area (Å²) in [6, 6.07) is 3.99. The van der Waals surface area contributed by atoms with Crippen LogP contribution < -0.4 is 10.6 Å². The molecule has 1 aromatic carbocycles. The second-order valence-corrected chi connectivity index (χ2v) is 4.53. The molecular formula is C11H13BrN2O3. The van der Waals surface area contributed by atoms with Crippen LogP contribution in [0.1, 0.15) is 12.5 Å². The molecule has 92 valence electrons. The van der Waals surface area contributed by atoms with E-state index in [0.717, 1.165) is 10.0 Å². The number of halogens is 1. The molecule has 6 heteroatoms. The highest BCUT2D eigenvalue weighted by molar-refractivity contribution is 9.10. The molecule has 0 aliphatic heterocycles. The van der Waals surface area contributed by atoms with E-state index >= 15 is 0 Å². The summed E-state index contributed by atoms with van der Waals surface area (Å²) in [7, 11) is 0. The van der Waals surface area contributed by atoms with Crippen molar-refractivity contribution < 1.29 is 14.7 Å². The molecular weight excluding hydrogens is 288 g/mol. The molecule has 0 heterocycles. The first-order valence-corrected chi connectivity index (χ1v) is 5.76. The predicted octanol–water partition coefficient (Wildman–Crippen LogP) is 2.35. The maximum absolute atomic E-state index is 11.5. The number of carboxylic acids is 1. The van der Waals surface area contributed by atoms with Gasteiger partial charge in [-0.2, -0.15) is 0 Å². The molecule has 0 spiro atoms. The molecule has 17 heavy (non-hydrogen) atoms. The molecule has 0 saturated carbocycles. The SMILES string of the molecule is Cc1ccc(Br)cc1NC(=O)N[C@H](C)C(=O)O. The highest BCUT2D eigenvalue weighted by Gasteiger charge is 2.14. The van der Waals surface area contributed by atoms with Crippen molar-refractivity contribution in [1.82, 2.24) is 5.32 Å². The van der Waals surface area contributed by atoms with Crippen LogP contribution in [0.5, 0.6) is 0 Å². The van der Waals surface area contributed by atoms with Crippen LogP contribution in [0.4, 0.5) is 10.5 Å². The van der Waals surface area contributed by atoms with Crippen LogP contribution >= 0.6 is 15.9 Å². The number of anilines is 1. The van der Waals surface area contributed by atoms with Crippen molar-refractivity contribution in [1.29, 1.82) is 0 Å². The van der Waals surface area contributed by atoms with Crippen molar-refractivity contribution in [3.05, 3.63) is 28.2 Å². The molecule has 0 bridgehead atoms. The lowest BCUT2D eigenvalue weighted by Gasteiger charge is -2.12. The van der Waals surface area contributed by atoms with Gasteiger partial charge in [-0.3, -0.25) is 4.79 Å². The number of amides is 2. The van der Waals surface area contributed by atoms with E-state index in [-0.39, 0.29) is 0 Å². The number of carbonyl (C=O) groups excluding carboxylic acids is 1. The molecule has 0 unspecified atom stereocenters. The molecule has 0 radical (unpaired) electrons. The van der Waals surface area contributed by atoms with E-state index in [9.17, 15) is 9.59 Å². The quantitative estimate of drug-likeness (QED) is 0.802. The Balaban J connectivity index is 2.68. The Morgan fingerprint density at radius 3 is 2.65 bits per heavy atom. The van der Waals surface area contributed by atoms with E-state index in [2.05, 4.69) is 26.6 Å². The van der Waals surface area contributed by atoms with Gasteiger partial charge < -0.3 is 15.7 Å². The van der Waals surface area contributed by atoms with Gasteiger partial charge in [0.2, 0.25) is 0 Å². The minimum Gasteiger partial charge on any atom is -0.480 e. The molecule has 1 rings (SSSR count). The Labute approximate surface area is 107 Å². The van der Waals surface area contributed by atoms with Crippen LogP contribution in [-0.4, -0.2) is 23.1 Å². The molecule has 1 atom stereocenters. The minimum absolute atomic E-state index is 0.541. The first-order valence-electron chi connectivity index (χ1n) is 4.96. The minimum atomic E-state index is -1.08. The monoisotopic (exact) mass is 300 g/mol. The third kappa shape index (κ3) is 4.07. The summed E-state index contributed by atoms with van der Waals surface area (Å²) in [5, 5.41) is 13.5. The van der Waals surface area contributed by atoms with Gasteiger partial charge in [0.15, 0.2) is 0 Å². The van der Waals surface area contributed by atoms with E-state index in [4.69, 9.17) is 5.11 Å². The lowest BCUT2D eigenvalue weighted by atomic mass is 10.2. The molecule has 0 aromatic heterocycles. The summed E-state index contributed by atoms with van der Waals surface area (Å²) < 4.78 is 0.838. The van der Waals surface area contributed by atoms with Crippen LogP contribution in [0, 0.1) is 6.92 Å². The van der Waals surface area contributed by atoms with Crippen LogP contribution in [0.2, 0.25) is 0 Å². The summed E-state index contributed by atoms with van der Waals surface area (Å²) in [5.74, 6) is -1.08. The van der Waals surface area contributed by atoms with Crippen molar-refractivity contribution in [2.75, 3.05) is 5.32 Å². The Kier molecular flexibility index (Phi) is 4.51. The van der Waals surface area contributed by atoms with Crippen LogP contribution in [0.25, 0.3) is 0 Å². The molecule has 2 amide bonds. The average molecular weight is 301 g/mol. The van der Waals surface area contributed by atoms with E-state index < -0.39 is 18.0 Å². The fourth-order valence-electron chi connectivity index (χ4n) is 1.15. The van der Waals surface area contributed by atoms with Gasteiger partial charge in [0.1, 0.15) is 6.04 Å². The topological polar surface area (TPSA) is 78.4 Å². The normalized spacial score (nSPS) is 11.7. The predicted molar refractivity (Wildman–Crippen MR) is 68.1 cm³/mol. The van der Waals surface area contributed by atoms with E-state index in [1.807, 2.05) is 19.1 Å². The summed E-state index contributed by atoms with van der Waals surface area (Å²) >= 11 is 3.29. The Bertz CT molecular complexity index is 448. The third-order valence-electron chi connectivity index (χ3n) is 2.17. The Hall–Kier alpha value is -1.56. The first-order chi connectivity index (χ1) is 7.90. The number of nitrogens with one attached hydrogen (secondary N) is 2. The van der Waals surface area contributed by atoms with Crippen molar-refractivity contribution in [2.45, 2.75) is 19.9 Å². The second kappa shape index (κ2) is 5.67. The third-order valence-corrected chi connectivity index (χ3v) is 2.66. The zero-order valence-corrected chi connectivity index (χ0v) is 11.0. The van der Waals surface area contributed by atoms with Gasteiger partial charge in [-0.05, 0) is 31.5 Å². The lowest BCUT2D eigenvalue weighted by Crippen LogP contribution is -2.40. The zero-order valence-electron chi connectivity index (χ0n) is 9.45. The Morgan fingerprint density at radius 2 is 2.06 bits per heavy atom. The number of rotatable bonds is 3. The largest absolute Gasteiger partial charge is 0.480 e. The van der Waals surface area contributed by atoms with Crippen LogP contribution in [-0.2, 0) is 4.79 Å². The van der Waals surface area contributed by atoms with Gasteiger partial charge in [0, 0.05) is 10.2 Å². The van der Waals surface area contributed by atoms with Crippen LogP contribution in [0.15, 0.2) is 22.7 Å². The molecule has 0 aliphatic carbocycles. The molecule has 5 nitrogen and oxygen atoms in total.